The van der Waals surface area contributed by atoms with Crippen LogP contribution in [0.1, 0.15) is 32.3 Å². The summed E-state index contributed by atoms with van der Waals surface area (Å²) in [4.78, 5) is 7.55. The lowest BCUT2D eigenvalue weighted by Crippen LogP contribution is -2.37. The molecule has 0 aliphatic heterocycles. The Hall–Kier alpha value is -2.36. The second-order valence-corrected chi connectivity index (χ2v) is 8.23. The van der Waals surface area contributed by atoms with Crippen molar-refractivity contribution in [1.82, 2.24) is 9.97 Å². The van der Waals surface area contributed by atoms with Crippen LogP contribution in [0, 0.1) is 0 Å². The van der Waals surface area contributed by atoms with Crippen molar-refractivity contribution in [3.63, 3.8) is 0 Å². The van der Waals surface area contributed by atoms with E-state index in [1.165, 1.54) is 30.9 Å². The maximum atomic E-state index is 12.8. The highest BCUT2D eigenvalue weighted by Gasteiger charge is 2.38. The molecular formula is C18H22F3N3O3S. The molecule has 0 aliphatic rings. The Labute approximate surface area is 162 Å². The summed E-state index contributed by atoms with van der Waals surface area (Å²) in [5.41, 5.74) is 0.466. The van der Waals surface area contributed by atoms with Gasteiger partial charge in [0.15, 0.2) is 5.75 Å². The predicted molar refractivity (Wildman–Crippen MR) is 99.5 cm³/mol. The Balaban J connectivity index is 2.30. The molecule has 10 heteroatoms. The van der Waals surface area contributed by atoms with Gasteiger partial charge in [-0.3, -0.25) is 4.31 Å². The molecule has 0 spiro atoms. The van der Waals surface area contributed by atoms with E-state index in [0.717, 1.165) is 12.8 Å². The van der Waals surface area contributed by atoms with Crippen LogP contribution in [0.4, 0.5) is 18.9 Å². The fraction of sp³-hybridized carbons (Fsp3) is 0.444. The topological polar surface area (TPSA) is 72.4 Å². The summed E-state index contributed by atoms with van der Waals surface area (Å²) in [6.45, 7) is 3.62. The summed E-state index contributed by atoms with van der Waals surface area (Å²) in [6.07, 6.45) is 0.872. The SMILES string of the molecule is CCCC(C)Oc1ccc(N(Cc2cncnc2)S(=O)(=O)CC(F)(F)F)cc1. The van der Waals surface area contributed by atoms with E-state index >= 15 is 0 Å². The largest absolute Gasteiger partial charge is 0.491 e. The Kier molecular flexibility index (Phi) is 7.22. The van der Waals surface area contributed by atoms with Crippen molar-refractivity contribution in [3.8, 4) is 5.75 Å². The quantitative estimate of drug-likeness (QED) is 0.618. The number of benzene rings is 1. The molecule has 0 aliphatic carbocycles. The van der Waals surface area contributed by atoms with E-state index in [1.54, 1.807) is 12.1 Å². The van der Waals surface area contributed by atoms with Crippen molar-refractivity contribution >= 4 is 15.7 Å². The van der Waals surface area contributed by atoms with Crippen LogP contribution in [-0.2, 0) is 16.6 Å². The second kappa shape index (κ2) is 9.22. The summed E-state index contributed by atoms with van der Waals surface area (Å²) >= 11 is 0. The van der Waals surface area contributed by atoms with Crippen LogP contribution < -0.4 is 9.04 Å². The fourth-order valence-corrected chi connectivity index (χ4v) is 3.96. The number of rotatable bonds is 9. The lowest BCUT2D eigenvalue weighted by atomic mass is 10.2. The minimum absolute atomic E-state index is 0.0256. The van der Waals surface area contributed by atoms with Crippen molar-refractivity contribution in [2.24, 2.45) is 0 Å². The van der Waals surface area contributed by atoms with Crippen LogP contribution in [-0.4, -0.2) is 36.4 Å². The molecule has 0 radical (unpaired) electrons. The third-order valence-corrected chi connectivity index (χ3v) is 5.48. The van der Waals surface area contributed by atoms with Gasteiger partial charge in [0.2, 0.25) is 10.0 Å². The van der Waals surface area contributed by atoms with Crippen LogP contribution in [0.2, 0.25) is 0 Å². The number of hydrogen-bond donors (Lipinski definition) is 0. The molecule has 0 saturated carbocycles. The van der Waals surface area contributed by atoms with Crippen LogP contribution in [0.25, 0.3) is 0 Å². The predicted octanol–water partition coefficient (Wildman–Crippen LogP) is 3.94. The Morgan fingerprint density at radius 1 is 1.14 bits per heavy atom. The maximum Gasteiger partial charge on any atom is 0.404 e. The van der Waals surface area contributed by atoms with Crippen LogP contribution in [0.15, 0.2) is 43.0 Å². The molecule has 1 aromatic heterocycles. The average molecular weight is 417 g/mol. The van der Waals surface area contributed by atoms with Crippen molar-refractivity contribution in [2.45, 2.75) is 45.5 Å². The molecule has 28 heavy (non-hydrogen) atoms. The number of aromatic nitrogens is 2. The van der Waals surface area contributed by atoms with E-state index in [0.29, 0.717) is 15.6 Å². The highest BCUT2D eigenvalue weighted by Crippen LogP contribution is 2.28. The molecule has 1 unspecified atom stereocenters. The summed E-state index contributed by atoms with van der Waals surface area (Å²) in [6, 6.07) is 5.93. The van der Waals surface area contributed by atoms with E-state index < -0.39 is 22.0 Å². The number of anilines is 1. The Morgan fingerprint density at radius 2 is 1.75 bits per heavy atom. The minimum Gasteiger partial charge on any atom is -0.491 e. The molecule has 2 rings (SSSR count). The van der Waals surface area contributed by atoms with E-state index in [9.17, 15) is 21.6 Å². The van der Waals surface area contributed by atoms with E-state index in [2.05, 4.69) is 9.97 Å². The van der Waals surface area contributed by atoms with Gasteiger partial charge in [0.1, 0.15) is 12.1 Å². The molecule has 0 amide bonds. The van der Waals surface area contributed by atoms with Gasteiger partial charge in [-0.1, -0.05) is 13.3 Å². The molecular weight excluding hydrogens is 395 g/mol. The number of sulfonamides is 1. The molecule has 6 nitrogen and oxygen atoms in total. The fourth-order valence-electron chi connectivity index (χ4n) is 2.60. The molecule has 0 N–H and O–H groups in total. The zero-order chi connectivity index (χ0) is 20.8. The first-order valence-electron chi connectivity index (χ1n) is 8.68. The van der Waals surface area contributed by atoms with Crippen molar-refractivity contribution in [1.29, 1.82) is 0 Å². The van der Waals surface area contributed by atoms with Gasteiger partial charge in [-0.25, -0.2) is 18.4 Å². The van der Waals surface area contributed by atoms with Crippen molar-refractivity contribution in [2.75, 3.05) is 10.1 Å². The number of halogens is 3. The lowest BCUT2D eigenvalue weighted by Gasteiger charge is -2.25. The normalized spacial score (nSPS) is 13.2. The smallest absolute Gasteiger partial charge is 0.404 e. The molecule has 1 heterocycles. The van der Waals surface area contributed by atoms with Gasteiger partial charge in [-0.05, 0) is 37.6 Å². The number of nitrogens with zero attached hydrogens (tertiary/aromatic N) is 3. The van der Waals surface area contributed by atoms with Gasteiger partial charge in [0.05, 0.1) is 18.3 Å². The summed E-state index contributed by atoms with van der Waals surface area (Å²) in [5, 5.41) is 0. The van der Waals surface area contributed by atoms with Crippen molar-refractivity contribution < 1.29 is 26.3 Å². The minimum atomic E-state index is -4.86. The summed E-state index contributed by atoms with van der Waals surface area (Å²) in [5.74, 6) is -1.44. The zero-order valence-corrected chi connectivity index (χ0v) is 16.4. The van der Waals surface area contributed by atoms with E-state index in [-0.39, 0.29) is 18.3 Å². The van der Waals surface area contributed by atoms with E-state index in [1.807, 2.05) is 13.8 Å². The van der Waals surface area contributed by atoms with Crippen molar-refractivity contribution in [3.05, 3.63) is 48.5 Å². The maximum absolute atomic E-state index is 12.8. The molecule has 0 fully saturated rings. The molecule has 1 atom stereocenters. The molecule has 2 aromatic rings. The van der Waals surface area contributed by atoms with Gasteiger partial charge in [-0.2, -0.15) is 13.2 Å². The monoisotopic (exact) mass is 417 g/mol. The van der Waals surface area contributed by atoms with Gasteiger partial charge in [0.25, 0.3) is 0 Å². The van der Waals surface area contributed by atoms with E-state index in [4.69, 9.17) is 4.74 Å². The Bertz CT molecular complexity index is 844. The second-order valence-electron chi connectivity index (χ2n) is 6.34. The third kappa shape index (κ3) is 6.66. The van der Waals surface area contributed by atoms with Crippen LogP contribution >= 0.6 is 0 Å². The standard InChI is InChI=1S/C18H22F3N3O3S/c1-3-4-14(2)27-17-7-5-16(6-8-17)24(11-15-9-22-13-23-10-15)28(25,26)12-18(19,20)21/h5-10,13-14H,3-4,11-12H2,1-2H3. The van der Waals surface area contributed by atoms with Crippen LogP contribution in [0.5, 0.6) is 5.75 Å². The Morgan fingerprint density at radius 3 is 2.29 bits per heavy atom. The van der Waals surface area contributed by atoms with Gasteiger partial charge in [-0.15, -0.1) is 0 Å². The summed E-state index contributed by atoms with van der Waals surface area (Å²) < 4.78 is 69.7. The van der Waals surface area contributed by atoms with Gasteiger partial charge >= 0.3 is 6.18 Å². The molecule has 0 bridgehead atoms. The first-order chi connectivity index (χ1) is 13.1. The third-order valence-electron chi connectivity index (χ3n) is 3.78. The number of hydrogen-bond acceptors (Lipinski definition) is 5. The van der Waals surface area contributed by atoms with Gasteiger partial charge < -0.3 is 4.74 Å². The molecule has 154 valence electrons. The highest BCUT2D eigenvalue weighted by atomic mass is 32.2. The average Bonchev–Trinajstić information content (AvgIpc) is 2.59. The zero-order valence-electron chi connectivity index (χ0n) is 15.6. The molecule has 0 saturated heterocycles. The van der Waals surface area contributed by atoms with Gasteiger partial charge in [0, 0.05) is 18.0 Å². The first kappa shape index (κ1) is 21.9. The first-order valence-corrected chi connectivity index (χ1v) is 10.3. The number of ether oxygens (including phenoxy) is 1. The number of alkyl halides is 3. The lowest BCUT2D eigenvalue weighted by molar-refractivity contribution is -0.106. The summed E-state index contributed by atoms with van der Waals surface area (Å²) in [7, 11) is -4.66. The molecule has 1 aromatic carbocycles. The van der Waals surface area contributed by atoms with Crippen LogP contribution in [0.3, 0.4) is 0 Å². The highest BCUT2D eigenvalue weighted by molar-refractivity contribution is 7.92.